The van der Waals surface area contributed by atoms with Gasteiger partial charge in [-0.2, -0.15) is 0 Å². The Morgan fingerprint density at radius 2 is 2.10 bits per heavy atom. The van der Waals surface area contributed by atoms with Crippen molar-refractivity contribution in [1.29, 1.82) is 0 Å². The van der Waals surface area contributed by atoms with Crippen LogP contribution in [0.5, 0.6) is 0 Å². The molecule has 1 aromatic heterocycles. The van der Waals surface area contributed by atoms with Gasteiger partial charge < -0.3 is 10.0 Å². The van der Waals surface area contributed by atoms with Gasteiger partial charge in [-0.3, -0.25) is 0 Å². The Balaban J connectivity index is 2.12. The van der Waals surface area contributed by atoms with Gasteiger partial charge in [-0.25, -0.2) is 9.78 Å². The molecule has 1 aromatic carbocycles. The standard InChI is InChI=1S/C16H18N2O2/c1-11-5-4-8-18(10-11)15-13-7-3-2-6-12(13)14(9-17-15)16(19)20/h2-3,6-7,9,11H,4-5,8,10H2,1H3,(H,19,20). The number of hydrogen-bond donors (Lipinski definition) is 1. The summed E-state index contributed by atoms with van der Waals surface area (Å²) in [6.07, 6.45) is 3.90. The van der Waals surface area contributed by atoms with Gasteiger partial charge in [0.1, 0.15) is 5.82 Å². The molecule has 0 bridgehead atoms. The van der Waals surface area contributed by atoms with Crippen molar-refractivity contribution in [3.8, 4) is 0 Å². The lowest BCUT2D eigenvalue weighted by atomic mass is 9.99. The lowest BCUT2D eigenvalue weighted by Crippen LogP contribution is -2.35. The molecule has 0 amide bonds. The van der Waals surface area contributed by atoms with E-state index in [1.807, 2.05) is 24.3 Å². The highest BCUT2D eigenvalue weighted by Gasteiger charge is 2.21. The Kier molecular flexibility index (Phi) is 3.30. The summed E-state index contributed by atoms with van der Waals surface area (Å²) in [7, 11) is 0. The number of aromatic nitrogens is 1. The maximum absolute atomic E-state index is 11.3. The molecule has 1 atom stereocenters. The van der Waals surface area contributed by atoms with Crippen LogP contribution in [0.1, 0.15) is 30.1 Å². The molecular formula is C16H18N2O2. The second-order valence-corrected chi connectivity index (χ2v) is 5.54. The monoisotopic (exact) mass is 270 g/mol. The van der Waals surface area contributed by atoms with E-state index >= 15 is 0 Å². The van der Waals surface area contributed by atoms with Crippen LogP contribution in [-0.4, -0.2) is 29.1 Å². The van der Waals surface area contributed by atoms with Crippen LogP contribution >= 0.6 is 0 Å². The van der Waals surface area contributed by atoms with E-state index in [9.17, 15) is 9.90 Å². The lowest BCUT2D eigenvalue weighted by Gasteiger charge is -2.32. The summed E-state index contributed by atoms with van der Waals surface area (Å²) < 4.78 is 0. The van der Waals surface area contributed by atoms with Gasteiger partial charge in [0, 0.05) is 30.1 Å². The first-order valence-corrected chi connectivity index (χ1v) is 7.03. The van der Waals surface area contributed by atoms with E-state index in [-0.39, 0.29) is 5.56 Å². The summed E-state index contributed by atoms with van der Waals surface area (Å²) in [5.41, 5.74) is 0.273. The van der Waals surface area contributed by atoms with Crippen LogP contribution in [0, 0.1) is 5.92 Å². The number of fused-ring (bicyclic) bond motifs is 1. The largest absolute Gasteiger partial charge is 0.478 e. The zero-order chi connectivity index (χ0) is 14.1. The van der Waals surface area contributed by atoms with Gasteiger partial charge in [0.05, 0.1) is 5.56 Å². The molecule has 1 aliphatic heterocycles. The Labute approximate surface area is 118 Å². The van der Waals surface area contributed by atoms with E-state index < -0.39 is 5.97 Å². The highest BCUT2D eigenvalue weighted by molar-refractivity contribution is 6.06. The molecule has 104 valence electrons. The predicted molar refractivity (Wildman–Crippen MR) is 79.3 cm³/mol. The average Bonchev–Trinajstić information content (AvgIpc) is 2.46. The van der Waals surface area contributed by atoms with E-state index in [0.717, 1.165) is 36.1 Å². The second kappa shape index (κ2) is 5.12. The first kappa shape index (κ1) is 12.9. The molecule has 20 heavy (non-hydrogen) atoms. The molecule has 1 N–H and O–H groups in total. The SMILES string of the molecule is CC1CCCN(c2ncc(C(=O)O)c3ccccc23)C1. The molecule has 0 radical (unpaired) electrons. The van der Waals surface area contributed by atoms with Crippen molar-refractivity contribution < 1.29 is 9.90 Å². The first-order valence-electron chi connectivity index (χ1n) is 7.03. The summed E-state index contributed by atoms with van der Waals surface area (Å²) in [5, 5.41) is 11.0. The molecule has 0 spiro atoms. The van der Waals surface area contributed by atoms with Crippen molar-refractivity contribution in [3.63, 3.8) is 0 Å². The minimum atomic E-state index is -0.924. The summed E-state index contributed by atoms with van der Waals surface area (Å²) in [4.78, 5) is 18.0. The maximum atomic E-state index is 11.3. The molecule has 2 aromatic rings. The molecule has 4 nitrogen and oxygen atoms in total. The van der Waals surface area contributed by atoms with E-state index in [2.05, 4.69) is 16.8 Å². The Hall–Kier alpha value is -2.10. The van der Waals surface area contributed by atoms with Gasteiger partial charge in [-0.1, -0.05) is 31.2 Å². The normalized spacial score (nSPS) is 19.2. The third-order valence-corrected chi connectivity index (χ3v) is 3.96. The number of carboxylic acid groups (broad SMARTS) is 1. The fourth-order valence-electron chi connectivity index (χ4n) is 2.98. The van der Waals surface area contributed by atoms with Crippen molar-refractivity contribution in [1.82, 2.24) is 4.98 Å². The van der Waals surface area contributed by atoms with Gasteiger partial charge in [-0.15, -0.1) is 0 Å². The van der Waals surface area contributed by atoms with Gasteiger partial charge in [0.15, 0.2) is 0 Å². The van der Waals surface area contributed by atoms with Crippen LogP contribution in [0.25, 0.3) is 10.8 Å². The number of benzene rings is 1. The van der Waals surface area contributed by atoms with Crippen LogP contribution < -0.4 is 4.90 Å². The number of nitrogens with zero attached hydrogens (tertiary/aromatic N) is 2. The summed E-state index contributed by atoms with van der Waals surface area (Å²) in [6.45, 7) is 4.23. The topological polar surface area (TPSA) is 53.4 Å². The van der Waals surface area contributed by atoms with Crippen molar-refractivity contribution in [2.45, 2.75) is 19.8 Å². The smallest absolute Gasteiger partial charge is 0.337 e. The predicted octanol–water partition coefficient (Wildman–Crippen LogP) is 3.17. The Bertz CT molecular complexity index is 654. The van der Waals surface area contributed by atoms with Crippen LogP contribution in [0.3, 0.4) is 0 Å². The van der Waals surface area contributed by atoms with Crippen LogP contribution in [-0.2, 0) is 0 Å². The molecule has 3 rings (SSSR count). The van der Waals surface area contributed by atoms with Crippen molar-refractivity contribution >= 4 is 22.6 Å². The van der Waals surface area contributed by atoms with E-state index in [4.69, 9.17) is 0 Å². The molecule has 1 fully saturated rings. The summed E-state index contributed by atoms with van der Waals surface area (Å²) in [5.74, 6) is 0.646. The fourth-order valence-corrected chi connectivity index (χ4v) is 2.98. The lowest BCUT2D eigenvalue weighted by molar-refractivity contribution is 0.0698. The van der Waals surface area contributed by atoms with Gasteiger partial charge in [0.25, 0.3) is 0 Å². The van der Waals surface area contributed by atoms with Crippen LogP contribution in [0.15, 0.2) is 30.5 Å². The van der Waals surface area contributed by atoms with Crippen LogP contribution in [0.2, 0.25) is 0 Å². The van der Waals surface area contributed by atoms with Crippen molar-refractivity contribution in [2.24, 2.45) is 5.92 Å². The molecule has 1 unspecified atom stereocenters. The van der Waals surface area contributed by atoms with E-state index in [0.29, 0.717) is 5.92 Å². The van der Waals surface area contributed by atoms with E-state index in [1.54, 1.807) is 0 Å². The third kappa shape index (κ3) is 2.22. The van der Waals surface area contributed by atoms with Gasteiger partial charge in [0.2, 0.25) is 0 Å². The number of aromatic carboxylic acids is 1. The highest BCUT2D eigenvalue weighted by atomic mass is 16.4. The van der Waals surface area contributed by atoms with Crippen molar-refractivity contribution in [2.75, 3.05) is 18.0 Å². The summed E-state index contributed by atoms with van der Waals surface area (Å²) in [6, 6.07) is 7.63. The second-order valence-electron chi connectivity index (χ2n) is 5.54. The highest BCUT2D eigenvalue weighted by Crippen LogP contribution is 2.30. The molecule has 2 heterocycles. The first-order chi connectivity index (χ1) is 9.66. The number of rotatable bonds is 2. The molecule has 0 saturated carbocycles. The molecule has 0 aliphatic carbocycles. The Morgan fingerprint density at radius 1 is 1.35 bits per heavy atom. The maximum Gasteiger partial charge on any atom is 0.337 e. The zero-order valence-corrected chi connectivity index (χ0v) is 11.5. The number of carbonyl (C=O) groups is 1. The minimum absolute atomic E-state index is 0.273. The number of carboxylic acids is 1. The van der Waals surface area contributed by atoms with Gasteiger partial charge >= 0.3 is 5.97 Å². The van der Waals surface area contributed by atoms with Crippen LogP contribution in [0.4, 0.5) is 5.82 Å². The quantitative estimate of drug-likeness (QED) is 0.910. The minimum Gasteiger partial charge on any atom is -0.478 e. The zero-order valence-electron chi connectivity index (χ0n) is 11.5. The van der Waals surface area contributed by atoms with Crippen molar-refractivity contribution in [3.05, 3.63) is 36.0 Å². The fraction of sp³-hybridized carbons (Fsp3) is 0.375. The average molecular weight is 270 g/mol. The molecule has 1 aliphatic rings. The number of pyridine rings is 1. The molecule has 1 saturated heterocycles. The third-order valence-electron chi connectivity index (χ3n) is 3.96. The molecule has 4 heteroatoms. The summed E-state index contributed by atoms with van der Waals surface area (Å²) >= 11 is 0. The molecular weight excluding hydrogens is 252 g/mol. The number of anilines is 1. The van der Waals surface area contributed by atoms with Gasteiger partial charge in [-0.05, 0) is 18.8 Å². The number of piperidine rings is 1. The Morgan fingerprint density at radius 3 is 2.80 bits per heavy atom. The van der Waals surface area contributed by atoms with E-state index in [1.165, 1.54) is 12.6 Å². The number of hydrogen-bond acceptors (Lipinski definition) is 3.